The number of H-pyrrole nitrogens is 1. The summed E-state index contributed by atoms with van der Waals surface area (Å²) >= 11 is 0. The summed E-state index contributed by atoms with van der Waals surface area (Å²) in [6.07, 6.45) is 4.78. The van der Waals surface area contributed by atoms with Crippen LogP contribution in [0.15, 0.2) is 101 Å². The quantitative estimate of drug-likeness (QED) is 0.264. The molecule has 0 atom stereocenters. The van der Waals surface area contributed by atoms with Crippen molar-refractivity contribution in [1.82, 2.24) is 29.8 Å². The van der Waals surface area contributed by atoms with Crippen molar-refractivity contribution in [2.75, 3.05) is 0 Å². The number of pyridine rings is 1. The van der Waals surface area contributed by atoms with Gasteiger partial charge in [-0.3, -0.25) is 23.9 Å². The van der Waals surface area contributed by atoms with Crippen molar-refractivity contribution < 1.29 is 14.0 Å². The molecule has 0 unspecified atom stereocenters. The van der Waals surface area contributed by atoms with Crippen molar-refractivity contribution in [2.24, 2.45) is 5.73 Å². The number of amides is 2. The Morgan fingerprint density at radius 2 is 1.71 bits per heavy atom. The molecule has 0 bridgehead atoms. The van der Waals surface area contributed by atoms with E-state index in [2.05, 4.69) is 25.3 Å². The van der Waals surface area contributed by atoms with Crippen molar-refractivity contribution in [3.8, 4) is 34.0 Å². The number of rotatable bonds is 8. The third kappa shape index (κ3) is 5.11. The van der Waals surface area contributed by atoms with Gasteiger partial charge in [-0.1, -0.05) is 60.7 Å². The average molecular weight is 546 g/mol. The topological polar surface area (TPSA) is 162 Å². The largest absolute Gasteiger partial charge is 0.432 e. The normalized spacial score (nSPS) is 11.0. The summed E-state index contributed by atoms with van der Waals surface area (Å²) < 4.78 is 6.95. The van der Waals surface area contributed by atoms with E-state index in [-0.39, 0.29) is 36.0 Å². The van der Waals surface area contributed by atoms with Crippen LogP contribution in [-0.4, -0.2) is 36.3 Å². The summed E-state index contributed by atoms with van der Waals surface area (Å²) in [4.78, 5) is 55.2. The van der Waals surface area contributed by atoms with Crippen LogP contribution < -0.4 is 16.6 Å². The molecule has 4 N–H and O–H groups in total. The first-order valence-corrected chi connectivity index (χ1v) is 12.7. The van der Waals surface area contributed by atoms with E-state index in [1.54, 1.807) is 48.8 Å². The van der Waals surface area contributed by atoms with Crippen LogP contribution in [0.3, 0.4) is 0 Å². The molecule has 202 valence electrons. The molecule has 11 heteroatoms. The van der Waals surface area contributed by atoms with Gasteiger partial charge in [0, 0.05) is 46.3 Å². The van der Waals surface area contributed by atoms with E-state index >= 15 is 0 Å². The number of nitrogens with one attached hydrogen (secondary N) is 2. The monoisotopic (exact) mass is 545 g/mol. The van der Waals surface area contributed by atoms with E-state index < -0.39 is 17.4 Å². The Bertz CT molecular complexity index is 1910. The van der Waals surface area contributed by atoms with Crippen LogP contribution in [-0.2, 0) is 17.9 Å². The number of nitrogens with two attached hydrogens (primary N) is 1. The summed E-state index contributed by atoms with van der Waals surface area (Å²) in [6, 6.07) is 21.7. The van der Waals surface area contributed by atoms with E-state index in [1.165, 1.54) is 10.8 Å². The lowest BCUT2D eigenvalue weighted by molar-refractivity contribution is -0.121. The minimum atomic E-state index is -0.880. The highest BCUT2D eigenvalue weighted by Crippen LogP contribution is 2.31. The van der Waals surface area contributed by atoms with E-state index in [4.69, 9.17) is 10.2 Å². The minimum absolute atomic E-state index is 0.0516. The summed E-state index contributed by atoms with van der Waals surface area (Å²) in [7, 11) is 0. The van der Waals surface area contributed by atoms with Crippen molar-refractivity contribution in [2.45, 2.75) is 13.1 Å². The van der Waals surface area contributed by atoms with E-state index in [0.717, 1.165) is 16.6 Å². The molecule has 0 saturated carbocycles. The standard InChI is InChI=1S/C30H23N7O4/c31-27(39)29-36-25(26(41-29)18-7-3-1-4-8-18)22-16-34-28(19-9-5-2-6-10-19)37(30(22)40)17-24(38)33-15-21-13-20-14-32-12-11-23(20)35-21/h1-14,16,35H,15,17H2,(H2,31,39)(H,33,38). The molecule has 0 fully saturated rings. The number of primary amides is 1. The Balaban J connectivity index is 1.39. The lowest BCUT2D eigenvalue weighted by atomic mass is 10.1. The highest BCUT2D eigenvalue weighted by molar-refractivity contribution is 5.90. The SMILES string of the molecule is NC(=O)c1nc(-c2cnc(-c3ccccc3)n(CC(=O)NCc3cc4cnccc4[nH]3)c2=O)c(-c2ccccc2)o1. The Morgan fingerprint density at radius 3 is 2.41 bits per heavy atom. The molecule has 4 aromatic heterocycles. The minimum Gasteiger partial charge on any atom is -0.432 e. The maximum absolute atomic E-state index is 14.0. The molecule has 11 nitrogen and oxygen atoms in total. The number of oxazole rings is 1. The molecule has 0 aliphatic carbocycles. The van der Waals surface area contributed by atoms with Crippen molar-refractivity contribution in [1.29, 1.82) is 0 Å². The van der Waals surface area contributed by atoms with Crippen LogP contribution in [0.4, 0.5) is 0 Å². The second kappa shape index (κ2) is 10.7. The fourth-order valence-corrected chi connectivity index (χ4v) is 4.53. The van der Waals surface area contributed by atoms with Gasteiger partial charge in [-0.2, -0.15) is 0 Å². The molecule has 6 aromatic rings. The van der Waals surface area contributed by atoms with Gasteiger partial charge >= 0.3 is 5.91 Å². The van der Waals surface area contributed by atoms with Crippen LogP contribution >= 0.6 is 0 Å². The third-order valence-corrected chi connectivity index (χ3v) is 6.46. The number of benzene rings is 2. The Morgan fingerprint density at radius 1 is 0.976 bits per heavy atom. The van der Waals surface area contributed by atoms with Crippen LogP contribution in [0.1, 0.15) is 16.4 Å². The molecular weight excluding hydrogens is 522 g/mol. The summed E-state index contributed by atoms with van der Waals surface area (Å²) in [6.45, 7) is -0.0909. The van der Waals surface area contributed by atoms with Crippen molar-refractivity contribution >= 4 is 22.7 Å². The predicted molar refractivity (Wildman–Crippen MR) is 151 cm³/mol. The molecule has 2 aromatic carbocycles. The molecule has 41 heavy (non-hydrogen) atoms. The molecule has 4 heterocycles. The lowest BCUT2D eigenvalue weighted by Gasteiger charge is -2.14. The van der Waals surface area contributed by atoms with Gasteiger partial charge in [-0.25, -0.2) is 9.97 Å². The van der Waals surface area contributed by atoms with Crippen LogP contribution in [0.25, 0.3) is 44.9 Å². The fraction of sp³-hybridized carbons (Fsp3) is 0.0667. The van der Waals surface area contributed by atoms with E-state index in [0.29, 0.717) is 17.0 Å². The summed E-state index contributed by atoms with van der Waals surface area (Å²) in [5.74, 6) is -1.14. The first kappa shape index (κ1) is 25.4. The fourth-order valence-electron chi connectivity index (χ4n) is 4.53. The van der Waals surface area contributed by atoms with Gasteiger partial charge in [0.2, 0.25) is 5.91 Å². The van der Waals surface area contributed by atoms with Gasteiger partial charge in [-0.05, 0) is 12.1 Å². The second-order valence-corrected chi connectivity index (χ2v) is 9.21. The lowest BCUT2D eigenvalue weighted by Crippen LogP contribution is -2.34. The number of hydrogen-bond acceptors (Lipinski definition) is 7. The molecule has 0 radical (unpaired) electrons. The molecule has 0 aliphatic rings. The number of fused-ring (bicyclic) bond motifs is 1. The van der Waals surface area contributed by atoms with Crippen LogP contribution in [0.2, 0.25) is 0 Å². The summed E-state index contributed by atoms with van der Waals surface area (Å²) in [5, 5.41) is 3.78. The highest BCUT2D eigenvalue weighted by atomic mass is 16.4. The maximum Gasteiger partial charge on any atom is 0.304 e. The van der Waals surface area contributed by atoms with E-state index in [9.17, 15) is 14.4 Å². The zero-order chi connectivity index (χ0) is 28.3. The molecule has 0 spiro atoms. The molecule has 0 saturated heterocycles. The van der Waals surface area contributed by atoms with Crippen LogP contribution in [0.5, 0.6) is 0 Å². The number of nitrogens with zero attached hydrogens (tertiary/aromatic N) is 4. The molecule has 6 rings (SSSR count). The molecular formula is C30H23N7O4. The van der Waals surface area contributed by atoms with Crippen molar-refractivity contribution in [3.05, 3.63) is 113 Å². The number of carbonyl (C=O) groups is 2. The van der Waals surface area contributed by atoms with Gasteiger partial charge < -0.3 is 20.5 Å². The Kier molecular flexibility index (Phi) is 6.66. The first-order chi connectivity index (χ1) is 20.0. The molecule has 2 amide bonds. The van der Waals surface area contributed by atoms with Gasteiger partial charge in [0.05, 0.1) is 12.1 Å². The van der Waals surface area contributed by atoms with Gasteiger partial charge in [0.1, 0.15) is 18.1 Å². The van der Waals surface area contributed by atoms with Crippen LogP contribution in [0, 0.1) is 0 Å². The van der Waals surface area contributed by atoms with Crippen molar-refractivity contribution in [3.63, 3.8) is 0 Å². The highest BCUT2D eigenvalue weighted by Gasteiger charge is 2.24. The summed E-state index contributed by atoms with van der Waals surface area (Å²) in [5.41, 5.74) is 7.99. The van der Waals surface area contributed by atoms with E-state index in [1.807, 2.05) is 36.4 Å². The number of aromatic nitrogens is 5. The zero-order valence-electron chi connectivity index (χ0n) is 21.6. The first-order valence-electron chi connectivity index (χ1n) is 12.7. The van der Waals surface area contributed by atoms with Gasteiger partial charge in [-0.15, -0.1) is 0 Å². The van der Waals surface area contributed by atoms with Gasteiger partial charge in [0.15, 0.2) is 5.76 Å². The number of hydrogen-bond donors (Lipinski definition) is 3. The Hall–Kier alpha value is -5.84. The molecule has 0 aliphatic heterocycles. The third-order valence-electron chi connectivity index (χ3n) is 6.46. The average Bonchev–Trinajstić information content (AvgIpc) is 3.63. The van der Waals surface area contributed by atoms with Gasteiger partial charge in [0.25, 0.3) is 11.4 Å². The predicted octanol–water partition coefficient (Wildman–Crippen LogP) is 3.52. The smallest absolute Gasteiger partial charge is 0.304 e. The number of carbonyl (C=O) groups excluding carboxylic acids is 2. The second-order valence-electron chi connectivity index (χ2n) is 9.21. The number of aromatic amines is 1. The zero-order valence-corrected chi connectivity index (χ0v) is 21.6. The Labute approximate surface area is 232 Å². The maximum atomic E-state index is 14.0.